The van der Waals surface area contributed by atoms with Crippen LogP contribution in [0.2, 0.25) is 0 Å². The molecule has 0 saturated heterocycles. The fourth-order valence-electron chi connectivity index (χ4n) is 1.41. The second-order valence-electron chi connectivity index (χ2n) is 3.54. The van der Waals surface area contributed by atoms with Gasteiger partial charge in [-0.3, -0.25) is 0 Å². The van der Waals surface area contributed by atoms with Crippen LogP contribution in [-0.4, -0.2) is 0 Å². The molecule has 0 aromatic heterocycles. The van der Waals surface area contributed by atoms with Gasteiger partial charge < -0.3 is 0 Å². The van der Waals surface area contributed by atoms with Gasteiger partial charge in [0.25, 0.3) is 0 Å². The second-order valence-corrected chi connectivity index (χ2v) is 3.54. The molecular weight excluding hydrogens is 168 g/mol. The van der Waals surface area contributed by atoms with Crippen LogP contribution < -0.4 is 0 Å². The first-order chi connectivity index (χ1) is 7.00. The lowest BCUT2D eigenvalue weighted by molar-refractivity contribution is 0.860. The largest absolute Gasteiger partial charge is 0.0885 e. The molecule has 0 aromatic carbocycles. The van der Waals surface area contributed by atoms with Gasteiger partial charge in [-0.15, -0.1) is 0 Å². The molecule has 0 bridgehead atoms. The molecule has 1 rings (SSSR count). The van der Waals surface area contributed by atoms with E-state index in [1.807, 2.05) is 0 Å². The van der Waals surface area contributed by atoms with E-state index in [-0.39, 0.29) is 0 Å². The summed E-state index contributed by atoms with van der Waals surface area (Å²) in [6, 6.07) is 0. The highest BCUT2D eigenvalue weighted by molar-refractivity contribution is 5.05. The molecule has 0 heterocycles. The summed E-state index contributed by atoms with van der Waals surface area (Å²) in [6.07, 6.45) is 25.0. The number of rotatable bonds is 0. The minimum atomic E-state index is 1.07. The highest BCUT2D eigenvalue weighted by atomic mass is 13.9. The molecule has 0 atom stereocenters. The summed E-state index contributed by atoms with van der Waals surface area (Å²) in [4.78, 5) is 0. The van der Waals surface area contributed by atoms with E-state index in [2.05, 4.69) is 48.6 Å². The van der Waals surface area contributed by atoms with Crippen molar-refractivity contribution in [2.75, 3.05) is 0 Å². The summed E-state index contributed by atoms with van der Waals surface area (Å²) in [5.41, 5.74) is 0. The Kier molecular flexibility index (Phi) is 6.74. The Morgan fingerprint density at radius 3 is 2.07 bits per heavy atom. The van der Waals surface area contributed by atoms with Crippen molar-refractivity contribution in [3.05, 3.63) is 48.6 Å². The van der Waals surface area contributed by atoms with E-state index < -0.39 is 0 Å². The van der Waals surface area contributed by atoms with Gasteiger partial charge in [0, 0.05) is 0 Å². The van der Waals surface area contributed by atoms with E-state index in [1.54, 1.807) is 0 Å². The van der Waals surface area contributed by atoms with Crippen LogP contribution >= 0.6 is 0 Å². The van der Waals surface area contributed by atoms with Crippen LogP contribution in [0.15, 0.2) is 48.6 Å². The van der Waals surface area contributed by atoms with Gasteiger partial charge in [0.05, 0.1) is 0 Å². The maximum atomic E-state index is 2.31. The molecule has 0 heteroatoms. The quantitative estimate of drug-likeness (QED) is 0.489. The van der Waals surface area contributed by atoms with Crippen molar-refractivity contribution < 1.29 is 0 Å². The van der Waals surface area contributed by atoms with Crippen LogP contribution in [0.5, 0.6) is 0 Å². The third kappa shape index (κ3) is 6.47. The lowest BCUT2D eigenvalue weighted by Crippen LogP contribution is -1.71. The van der Waals surface area contributed by atoms with Crippen molar-refractivity contribution in [3.8, 4) is 0 Å². The summed E-state index contributed by atoms with van der Waals surface area (Å²) in [5, 5.41) is 0. The third-order valence-corrected chi connectivity index (χ3v) is 2.23. The van der Waals surface area contributed by atoms with Crippen LogP contribution in [0, 0.1) is 0 Å². The molecule has 0 fully saturated rings. The molecule has 0 unspecified atom stereocenters. The van der Waals surface area contributed by atoms with Gasteiger partial charge in [-0.25, -0.2) is 0 Å². The predicted molar refractivity (Wildman–Crippen MR) is 64.3 cm³/mol. The first-order valence-corrected chi connectivity index (χ1v) is 5.62. The Bertz CT molecular complexity index is 228. The van der Waals surface area contributed by atoms with E-state index in [0.29, 0.717) is 0 Å². The molecule has 0 aliphatic heterocycles. The van der Waals surface area contributed by atoms with E-state index in [4.69, 9.17) is 0 Å². The van der Waals surface area contributed by atoms with Gasteiger partial charge in [0.2, 0.25) is 0 Å². The van der Waals surface area contributed by atoms with Gasteiger partial charge in [0.15, 0.2) is 0 Å². The van der Waals surface area contributed by atoms with Gasteiger partial charge in [0.1, 0.15) is 0 Å². The Balaban J connectivity index is 2.35. The van der Waals surface area contributed by atoms with Crippen LogP contribution in [0.25, 0.3) is 0 Å². The monoisotopic (exact) mass is 188 g/mol. The zero-order chi connectivity index (χ0) is 9.90. The lowest BCUT2D eigenvalue weighted by Gasteiger charge is -1.91. The molecule has 0 radical (unpaired) electrons. The Morgan fingerprint density at radius 1 is 0.500 bits per heavy atom. The van der Waals surface area contributed by atoms with E-state index in [0.717, 1.165) is 12.8 Å². The van der Waals surface area contributed by atoms with Crippen LogP contribution in [0.3, 0.4) is 0 Å². The second kappa shape index (κ2) is 8.55. The van der Waals surface area contributed by atoms with Gasteiger partial charge >= 0.3 is 0 Å². The van der Waals surface area contributed by atoms with Crippen molar-refractivity contribution in [2.45, 2.75) is 38.5 Å². The Labute approximate surface area is 87.7 Å². The molecule has 1 aliphatic rings. The van der Waals surface area contributed by atoms with E-state index in [1.165, 1.54) is 25.7 Å². The molecule has 1 aliphatic carbocycles. The SMILES string of the molecule is C1=CCCC/C=C\C/C=C/C=C/CC1. The predicted octanol–water partition coefficient (Wildman–Crippen LogP) is 4.57. The molecular formula is C14H20. The van der Waals surface area contributed by atoms with Gasteiger partial charge in [-0.1, -0.05) is 48.6 Å². The topological polar surface area (TPSA) is 0 Å². The molecule has 0 saturated carbocycles. The molecule has 0 amide bonds. The van der Waals surface area contributed by atoms with Crippen molar-refractivity contribution in [1.82, 2.24) is 0 Å². The summed E-state index contributed by atoms with van der Waals surface area (Å²) in [6.45, 7) is 0. The summed E-state index contributed by atoms with van der Waals surface area (Å²) >= 11 is 0. The standard InChI is InChI=1S/C14H20/c1-2-4-6-8-10-12-14-13-11-9-7-5-3-1/h1-4,7,9-10,12H,5-6,8,11,13-14H2/b3-1+,4-2+,9-7-,12-10?. The maximum Gasteiger partial charge on any atom is -0.0166 e. The van der Waals surface area contributed by atoms with Crippen LogP contribution in [0.1, 0.15) is 38.5 Å². The molecule has 0 N–H and O–H groups in total. The minimum Gasteiger partial charge on any atom is -0.0885 e. The first-order valence-electron chi connectivity index (χ1n) is 5.62. The minimum absolute atomic E-state index is 1.07. The first kappa shape index (κ1) is 11.0. The summed E-state index contributed by atoms with van der Waals surface area (Å²) < 4.78 is 0. The Morgan fingerprint density at radius 2 is 1.14 bits per heavy atom. The molecule has 0 aromatic rings. The fraction of sp³-hybridized carbons (Fsp3) is 0.429. The molecule has 0 spiro atoms. The highest BCUT2D eigenvalue weighted by Crippen LogP contribution is 2.02. The highest BCUT2D eigenvalue weighted by Gasteiger charge is 1.82. The summed E-state index contributed by atoms with van der Waals surface area (Å²) in [5.74, 6) is 0. The van der Waals surface area contributed by atoms with Crippen LogP contribution in [0.4, 0.5) is 0 Å². The molecule has 0 nitrogen and oxygen atoms in total. The van der Waals surface area contributed by atoms with Gasteiger partial charge in [-0.2, -0.15) is 0 Å². The lowest BCUT2D eigenvalue weighted by atomic mass is 10.2. The van der Waals surface area contributed by atoms with E-state index >= 15 is 0 Å². The van der Waals surface area contributed by atoms with Crippen molar-refractivity contribution in [3.63, 3.8) is 0 Å². The average molecular weight is 188 g/mol. The van der Waals surface area contributed by atoms with Crippen molar-refractivity contribution >= 4 is 0 Å². The maximum absolute atomic E-state index is 2.31. The van der Waals surface area contributed by atoms with Crippen LogP contribution in [-0.2, 0) is 0 Å². The normalized spacial score (nSPS) is 26.3. The molecule has 14 heavy (non-hydrogen) atoms. The molecule has 76 valence electrons. The zero-order valence-corrected chi connectivity index (χ0v) is 8.86. The number of hydrogen-bond acceptors (Lipinski definition) is 0. The van der Waals surface area contributed by atoms with Gasteiger partial charge in [-0.05, 0) is 38.5 Å². The number of hydrogen-bond donors (Lipinski definition) is 0. The zero-order valence-electron chi connectivity index (χ0n) is 8.86. The van der Waals surface area contributed by atoms with Crippen molar-refractivity contribution in [1.29, 1.82) is 0 Å². The smallest absolute Gasteiger partial charge is 0.0166 e. The Hall–Kier alpha value is -1.04. The fourth-order valence-corrected chi connectivity index (χ4v) is 1.41. The van der Waals surface area contributed by atoms with E-state index in [9.17, 15) is 0 Å². The number of allylic oxidation sites excluding steroid dienone is 8. The summed E-state index contributed by atoms with van der Waals surface area (Å²) in [7, 11) is 0. The third-order valence-electron chi connectivity index (χ3n) is 2.23. The van der Waals surface area contributed by atoms with Crippen molar-refractivity contribution in [2.24, 2.45) is 0 Å². The average Bonchev–Trinajstić information content (AvgIpc) is 2.22.